The predicted octanol–water partition coefficient (Wildman–Crippen LogP) is 5.23. The SMILES string of the molecule is CC(C)(C)OC(=O)N(CCCOc1ccc(C#N)cc1)C1CCN(Cc2ccccc2)CC1. The van der Waals surface area contributed by atoms with E-state index in [4.69, 9.17) is 14.7 Å². The Morgan fingerprint density at radius 2 is 1.76 bits per heavy atom. The van der Waals surface area contributed by atoms with Crippen molar-refractivity contribution in [2.75, 3.05) is 26.2 Å². The summed E-state index contributed by atoms with van der Waals surface area (Å²) in [5, 5.41) is 8.91. The molecule has 6 heteroatoms. The normalized spacial score (nSPS) is 15.0. The van der Waals surface area contributed by atoms with E-state index in [0.29, 0.717) is 25.1 Å². The van der Waals surface area contributed by atoms with Gasteiger partial charge in [-0.05, 0) is 69.9 Å². The van der Waals surface area contributed by atoms with E-state index < -0.39 is 5.60 Å². The topological polar surface area (TPSA) is 65.8 Å². The van der Waals surface area contributed by atoms with Gasteiger partial charge < -0.3 is 14.4 Å². The van der Waals surface area contributed by atoms with Crippen LogP contribution < -0.4 is 4.74 Å². The number of benzene rings is 2. The summed E-state index contributed by atoms with van der Waals surface area (Å²) in [6.45, 7) is 9.66. The Morgan fingerprint density at radius 1 is 1.09 bits per heavy atom. The number of rotatable bonds is 8. The first-order chi connectivity index (χ1) is 15.8. The van der Waals surface area contributed by atoms with Gasteiger partial charge >= 0.3 is 6.09 Å². The van der Waals surface area contributed by atoms with Crippen molar-refractivity contribution < 1.29 is 14.3 Å². The fourth-order valence-corrected chi connectivity index (χ4v) is 4.02. The summed E-state index contributed by atoms with van der Waals surface area (Å²) in [5.41, 5.74) is 1.40. The van der Waals surface area contributed by atoms with Crippen LogP contribution in [0.25, 0.3) is 0 Å². The number of hydrogen-bond acceptors (Lipinski definition) is 5. The lowest BCUT2D eigenvalue weighted by atomic mass is 10.0. The third-order valence-corrected chi connectivity index (χ3v) is 5.67. The Bertz CT molecular complexity index is 908. The molecular formula is C27H35N3O3. The van der Waals surface area contributed by atoms with Gasteiger partial charge in [0.2, 0.25) is 0 Å². The molecular weight excluding hydrogens is 414 g/mol. The van der Waals surface area contributed by atoms with Gasteiger partial charge in [-0.25, -0.2) is 4.79 Å². The average molecular weight is 450 g/mol. The van der Waals surface area contributed by atoms with Crippen LogP contribution in [0.3, 0.4) is 0 Å². The molecule has 0 spiro atoms. The van der Waals surface area contributed by atoms with Crippen molar-refractivity contribution in [2.24, 2.45) is 0 Å². The second-order valence-corrected chi connectivity index (χ2v) is 9.50. The molecule has 33 heavy (non-hydrogen) atoms. The molecule has 2 aromatic rings. The van der Waals surface area contributed by atoms with Crippen molar-refractivity contribution in [2.45, 2.75) is 58.2 Å². The fraction of sp³-hybridized carbons (Fsp3) is 0.481. The highest BCUT2D eigenvalue weighted by Crippen LogP contribution is 2.22. The first kappa shape index (κ1) is 24.6. The summed E-state index contributed by atoms with van der Waals surface area (Å²) in [5.74, 6) is 0.729. The van der Waals surface area contributed by atoms with E-state index in [1.165, 1.54) is 5.56 Å². The average Bonchev–Trinajstić information content (AvgIpc) is 2.80. The molecule has 176 valence electrons. The van der Waals surface area contributed by atoms with E-state index in [9.17, 15) is 4.79 Å². The minimum atomic E-state index is -0.525. The fourth-order valence-electron chi connectivity index (χ4n) is 4.02. The maximum Gasteiger partial charge on any atom is 0.410 e. The zero-order valence-corrected chi connectivity index (χ0v) is 20.0. The zero-order valence-electron chi connectivity index (χ0n) is 20.0. The molecule has 1 heterocycles. The van der Waals surface area contributed by atoms with Gasteiger partial charge in [-0.2, -0.15) is 5.26 Å². The van der Waals surface area contributed by atoms with Crippen molar-refractivity contribution in [1.82, 2.24) is 9.80 Å². The highest BCUT2D eigenvalue weighted by atomic mass is 16.6. The Balaban J connectivity index is 1.52. The van der Waals surface area contributed by atoms with Crippen LogP contribution in [0.15, 0.2) is 54.6 Å². The maximum absolute atomic E-state index is 13.0. The number of likely N-dealkylation sites (tertiary alicyclic amines) is 1. The molecule has 0 N–H and O–H groups in total. The van der Waals surface area contributed by atoms with Crippen LogP contribution in [0.4, 0.5) is 4.79 Å². The molecule has 1 aliphatic heterocycles. The van der Waals surface area contributed by atoms with Gasteiger partial charge in [-0.1, -0.05) is 30.3 Å². The van der Waals surface area contributed by atoms with Crippen molar-refractivity contribution >= 4 is 6.09 Å². The molecule has 0 atom stereocenters. The molecule has 2 aromatic carbocycles. The van der Waals surface area contributed by atoms with Crippen LogP contribution in [0.1, 0.15) is 51.2 Å². The van der Waals surface area contributed by atoms with Crippen LogP contribution in [-0.4, -0.2) is 53.8 Å². The van der Waals surface area contributed by atoms with Crippen LogP contribution in [0.2, 0.25) is 0 Å². The summed E-state index contributed by atoms with van der Waals surface area (Å²) in [6.07, 6.45) is 2.33. The van der Waals surface area contributed by atoms with Crippen molar-refractivity contribution in [1.29, 1.82) is 5.26 Å². The van der Waals surface area contributed by atoms with Crippen molar-refractivity contribution in [3.63, 3.8) is 0 Å². The predicted molar refractivity (Wildman–Crippen MR) is 129 cm³/mol. The molecule has 0 radical (unpaired) electrons. The van der Waals surface area contributed by atoms with E-state index in [-0.39, 0.29) is 12.1 Å². The van der Waals surface area contributed by atoms with Gasteiger partial charge in [0.25, 0.3) is 0 Å². The summed E-state index contributed by atoms with van der Waals surface area (Å²) in [4.78, 5) is 17.3. The molecule has 0 saturated carbocycles. The van der Waals surface area contributed by atoms with Crippen LogP contribution in [-0.2, 0) is 11.3 Å². The Morgan fingerprint density at radius 3 is 2.36 bits per heavy atom. The van der Waals surface area contributed by atoms with E-state index >= 15 is 0 Å². The molecule has 0 bridgehead atoms. The minimum absolute atomic E-state index is 0.168. The molecule has 1 fully saturated rings. The number of hydrogen-bond donors (Lipinski definition) is 0. The minimum Gasteiger partial charge on any atom is -0.494 e. The lowest BCUT2D eigenvalue weighted by molar-refractivity contribution is 0.00674. The van der Waals surface area contributed by atoms with Crippen molar-refractivity contribution in [3.8, 4) is 11.8 Å². The lowest BCUT2D eigenvalue weighted by Gasteiger charge is -2.39. The Labute approximate surface area is 197 Å². The summed E-state index contributed by atoms with van der Waals surface area (Å²) in [6, 6.07) is 19.9. The molecule has 6 nitrogen and oxygen atoms in total. The molecule has 1 saturated heterocycles. The standard InChI is InChI=1S/C27H35N3O3/c1-27(2,3)33-26(31)30(16-7-19-32-25-12-10-22(20-28)11-13-25)24-14-17-29(18-15-24)21-23-8-5-4-6-9-23/h4-6,8-13,24H,7,14-19,21H2,1-3H3. The third kappa shape index (κ3) is 8.11. The molecule has 0 aliphatic carbocycles. The van der Waals surface area contributed by atoms with Crippen molar-refractivity contribution in [3.05, 3.63) is 65.7 Å². The number of ether oxygens (including phenoxy) is 2. The highest BCUT2D eigenvalue weighted by Gasteiger charge is 2.30. The van der Waals surface area contributed by atoms with Crippen LogP contribution in [0.5, 0.6) is 5.75 Å². The number of nitriles is 1. The zero-order chi connectivity index (χ0) is 23.7. The number of carbonyl (C=O) groups is 1. The van der Waals surface area contributed by atoms with E-state index in [2.05, 4.69) is 35.2 Å². The van der Waals surface area contributed by atoms with Gasteiger partial charge in [0, 0.05) is 32.2 Å². The number of piperidine rings is 1. The van der Waals surface area contributed by atoms with Crippen LogP contribution in [0, 0.1) is 11.3 Å². The quantitative estimate of drug-likeness (QED) is 0.517. The van der Waals surface area contributed by atoms with Gasteiger partial charge in [0.05, 0.1) is 18.2 Å². The smallest absolute Gasteiger partial charge is 0.410 e. The largest absolute Gasteiger partial charge is 0.494 e. The van der Waals surface area contributed by atoms with Gasteiger partial charge in [-0.15, -0.1) is 0 Å². The van der Waals surface area contributed by atoms with Crippen LogP contribution >= 0.6 is 0 Å². The van der Waals surface area contributed by atoms with E-state index in [1.807, 2.05) is 31.7 Å². The molecule has 1 amide bonds. The first-order valence-electron chi connectivity index (χ1n) is 11.7. The van der Waals surface area contributed by atoms with Gasteiger partial charge in [-0.3, -0.25) is 4.90 Å². The number of carbonyl (C=O) groups excluding carboxylic acids is 1. The number of nitrogens with zero attached hydrogens (tertiary/aromatic N) is 3. The summed E-state index contributed by atoms with van der Waals surface area (Å²) >= 11 is 0. The second-order valence-electron chi connectivity index (χ2n) is 9.50. The number of amides is 1. The van der Waals surface area contributed by atoms with Gasteiger partial charge in [0.1, 0.15) is 11.4 Å². The molecule has 1 aliphatic rings. The summed E-state index contributed by atoms with van der Waals surface area (Å²) < 4.78 is 11.5. The lowest BCUT2D eigenvalue weighted by Crippen LogP contribution is -2.49. The molecule has 3 rings (SSSR count). The van der Waals surface area contributed by atoms with E-state index in [0.717, 1.165) is 38.2 Å². The molecule has 0 aromatic heterocycles. The Kier molecular flexibility index (Phi) is 8.73. The van der Waals surface area contributed by atoms with E-state index in [1.54, 1.807) is 24.3 Å². The monoisotopic (exact) mass is 449 g/mol. The maximum atomic E-state index is 13.0. The second kappa shape index (κ2) is 11.7. The summed E-state index contributed by atoms with van der Waals surface area (Å²) in [7, 11) is 0. The first-order valence-corrected chi connectivity index (χ1v) is 11.7. The Hall–Kier alpha value is -3.04. The highest BCUT2D eigenvalue weighted by molar-refractivity contribution is 5.68. The third-order valence-electron chi connectivity index (χ3n) is 5.67. The molecule has 0 unspecified atom stereocenters. The van der Waals surface area contributed by atoms with Gasteiger partial charge in [0.15, 0.2) is 0 Å².